The minimum absolute atomic E-state index is 0.0619. The molecule has 4 aliphatic rings. The molecule has 6 N–H and O–H groups in total. The number of methoxy groups -OCH3 is 1. The standard InChI is InChI=1S/C50H72N4O12/c1-11-12-13-14-15-16-21-53-22-24-54(25-23-53)51-27-35-40-45(60)38-37(44(35)59)39-47(33(7)43(38)58)66-50(9,48(39)61)64-26-20-36(63-10)30(4)46(65-34(8)55)32(6)42(57)31(5)41(56)28(2)18-17-19-29(3)49(62)52-40/h17-20,26-28,30-32,36,41-42,46,56-60H,11-16,21-25H2,1-10H3,(H,52,62)/b18-17+,26-20+,29-19+,51-27+. The first-order valence-electron chi connectivity index (χ1n) is 23.4. The molecule has 4 aliphatic heterocycles. The fraction of sp³-hybridized carbons (Fsp3) is 0.600. The summed E-state index contributed by atoms with van der Waals surface area (Å²) in [4.78, 5) is 43.2. The van der Waals surface area contributed by atoms with Crippen LogP contribution >= 0.6 is 0 Å². The molecule has 4 heterocycles. The molecule has 1 saturated heterocycles. The van der Waals surface area contributed by atoms with Gasteiger partial charge in [-0.15, -0.1) is 0 Å². The average molecular weight is 921 g/mol. The number of nitrogens with zero attached hydrogens (tertiary/aromatic N) is 3. The van der Waals surface area contributed by atoms with E-state index in [1.165, 1.54) is 84.6 Å². The number of aliphatic hydroxyl groups excluding tert-OH is 2. The van der Waals surface area contributed by atoms with Crippen molar-refractivity contribution in [1.82, 2.24) is 9.91 Å². The van der Waals surface area contributed by atoms with E-state index in [1.54, 1.807) is 46.8 Å². The topological polar surface area (TPSA) is 220 Å². The number of carbonyl (C=O) groups is 3. The zero-order valence-electron chi connectivity index (χ0n) is 40.3. The van der Waals surface area contributed by atoms with Crippen LogP contribution in [-0.2, 0) is 23.8 Å². The van der Waals surface area contributed by atoms with E-state index in [9.17, 15) is 39.9 Å². The van der Waals surface area contributed by atoms with Crippen LogP contribution in [-0.4, -0.2) is 129 Å². The Morgan fingerprint density at radius 1 is 0.909 bits per heavy atom. The van der Waals surface area contributed by atoms with Crippen LogP contribution in [0.25, 0.3) is 10.8 Å². The maximum atomic E-state index is 14.6. The number of rotatable bonds is 11. The van der Waals surface area contributed by atoms with Gasteiger partial charge < -0.3 is 49.8 Å². The number of carbonyl (C=O) groups excluding carboxylic acids is 3. The number of anilines is 1. The molecule has 0 saturated carbocycles. The van der Waals surface area contributed by atoms with Gasteiger partial charge in [-0.3, -0.25) is 24.3 Å². The Kier molecular flexibility index (Phi) is 17.7. The van der Waals surface area contributed by atoms with Gasteiger partial charge in [0.25, 0.3) is 11.7 Å². The van der Waals surface area contributed by atoms with Crippen LogP contribution in [0.3, 0.4) is 0 Å². The number of amides is 1. The maximum absolute atomic E-state index is 14.6. The molecule has 0 aliphatic carbocycles. The fourth-order valence-corrected chi connectivity index (χ4v) is 9.20. The van der Waals surface area contributed by atoms with Gasteiger partial charge in [-0.05, 0) is 32.9 Å². The SMILES string of the molecule is CCCCCCCCN1CCN(/N=C/c2c3c(O)c4c(O)c(C)c5c(c4c2O)C(=O)C(C)(O/C=C/C(OC)C(C)C(OC(C)=O)C(C)C(O)C(C)C(O)C(C)/C=C/C=C(\C)C(=O)N3)O5)CC1. The van der Waals surface area contributed by atoms with Crippen molar-refractivity contribution in [3.63, 3.8) is 0 Å². The predicted molar refractivity (Wildman–Crippen MR) is 253 cm³/mol. The number of hydrogen-bond acceptors (Lipinski definition) is 15. The van der Waals surface area contributed by atoms with Gasteiger partial charge in [0, 0.05) is 87.3 Å². The number of phenols is 3. The lowest BCUT2D eigenvalue weighted by Crippen LogP contribution is -2.46. The third kappa shape index (κ3) is 11.3. The van der Waals surface area contributed by atoms with Crippen LogP contribution in [0.2, 0.25) is 0 Å². The Hall–Kier alpha value is -5.16. The van der Waals surface area contributed by atoms with Crippen molar-refractivity contribution in [3.05, 3.63) is 52.8 Å². The molecule has 9 atom stereocenters. The van der Waals surface area contributed by atoms with Crippen LogP contribution in [0.1, 0.15) is 115 Å². The van der Waals surface area contributed by atoms with E-state index in [0.717, 1.165) is 26.1 Å². The van der Waals surface area contributed by atoms with Gasteiger partial charge in [-0.1, -0.05) is 85.0 Å². The lowest BCUT2D eigenvalue weighted by Gasteiger charge is -2.38. The fourth-order valence-electron chi connectivity index (χ4n) is 9.20. The number of benzene rings is 2. The Morgan fingerprint density at radius 2 is 1.58 bits per heavy atom. The summed E-state index contributed by atoms with van der Waals surface area (Å²) in [6, 6.07) is 0. The molecule has 364 valence electrons. The number of ether oxygens (including phenoxy) is 4. The van der Waals surface area contributed by atoms with E-state index in [-0.39, 0.29) is 44.5 Å². The number of fused-ring (bicyclic) bond motifs is 14. The van der Waals surface area contributed by atoms with Crippen molar-refractivity contribution in [2.24, 2.45) is 28.8 Å². The van der Waals surface area contributed by atoms with Gasteiger partial charge >= 0.3 is 11.8 Å². The summed E-state index contributed by atoms with van der Waals surface area (Å²) in [6.45, 7) is 18.5. The number of aliphatic hydroxyl groups is 2. The predicted octanol–water partition coefficient (Wildman–Crippen LogP) is 7.07. The smallest absolute Gasteiger partial charge is 0.312 e. The van der Waals surface area contributed by atoms with E-state index in [4.69, 9.17) is 18.9 Å². The van der Waals surface area contributed by atoms with Crippen molar-refractivity contribution >= 4 is 40.3 Å². The highest BCUT2D eigenvalue weighted by atomic mass is 16.7. The molecule has 6 rings (SSSR count). The van der Waals surface area contributed by atoms with Crippen LogP contribution in [0.15, 0.2) is 41.2 Å². The third-order valence-electron chi connectivity index (χ3n) is 13.6. The minimum Gasteiger partial charge on any atom is -0.507 e. The summed E-state index contributed by atoms with van der Waals surface area (Å²) in [5, 5.41) is 67.7. The van der Waals surface area contributed by atoms with Crippen LogP contribution in [0.4, 0.5) is 5.69 Å². The zero-order chi connectivity index (χ0) is 48.6. The molecular formula is C50H72N4O12. The summed E-state index contributed by atoms with van der Waals surface area (Å²) in [6.07, 6.45) is 12.2. The highest BCUT2D eigenvalue weighted by Crippen LogP contribution is 2.55. The molecule has 9 unspecified atom stereocenters. The first kappa shape index (κ1) is 51.8. The average Bonchev–Trinajstić information content (AvgIpc) is 3.55. The van der Waals surface area contributed by atoms with Crippen molar-refractivity contribution in [2.45, 2.75) is 131 Å². The minimum atomic E-state index is -2.05. The molecule has 16 nitrogen and oxygen atoms in total. The first-order chi connectivity index (χ1) is 31.3. The number of phenolic OH excluding ortho intramolecular Hbond substituents is 3. The Bertz CT molecular complexity index is 2200. The quantitative estimate of drug-likeness (QED) is 0.0437. The number of ketones is 1. The molecule has 5 bridgehead atoms. The second-order valence-corrected chi connectivity index (χ2v) is 18.4. The number of nitrogens with one attached hydrogen (secondary N) is 1. The van der Waals surface area contributed by atoms with Crippen LogP contribution < -0.4 is 10.1 Å². The van der Waals surface area contributed by atoms with Gasteiger partial charge in [0.05, 0.1) is 53.0 Å². The van der Waals surface area contributed by atoms with E-state index >= 15 is 0 Å². The van der Waals surface area contributed by atoms with Gasteiger partial charge in [0.15, 0.2) is 5.75 Å². The molecule has 2 aromatic carbocycles. The molecule has 0 spiro atoms. The summed E-state index contributed by atoms with van der Waals surface area (Å²) < 4.78 is 23.8. The normalized spacial score (nSPS) is 29.9. The number of piperazine rings is 1. The number of hydrazone groups is 1. The van der Waals surface area contributed by atoms with E-state index < -0.39 is 88.8 Å². The van der Waals surface area contributed by atoms with Gasteiger partial charge in [-0.25, -0.2) is 0 Å². The molecule has 0 radical (unpaired) electrons. The molecule has 1 amide bonds. The highest BCUT2D eigenvalue weighted by Gasteiger charge is 2.50. The summed E-state index contributed by atoms with van der Waals surface area (Å²) in [5.41, 5.74) is -0.303. The molecule has 1 fully saturated rings. The zero-order valence-corrected chi connectivity index (χ0v) is 40.3. The Labute approximate surface area is 388 Å². The number of allylic oxidation sites excluding steroid dienone is 2. The lowest BCUT2D eigenvalue weighted by molar-refractivity contribution is -0.160. The Balaban J connectivity index is 1.60. The van der Waals surface area contributed by atoms with Gasteiger partial charge in [-0.2, -0.15) is 5.10 Å². The molecule has 66 heavy (non-hydrogen) atoms. The van der Waals surface area contributed by atoms with Crippen LogP contribution in [0.5, 0.6) is 23.0 Å². The number of esters is 1. The van der Waals surface area contributed by atoms with Crippen molar-refractivity contribution in [2.75, 3.05) is 45.2 Å². The maximum Gasteiger partial charge on any atom is 0.312 e. The second-order valence-electron chi connectivity index (χ2n) is 18.4. The molecule has 2 aromatic rings. The lowest BCUT2D eigenvalue weighted by atomic mass is 9.78. The summed E-state index contributed by atoms with van der Waals surface area (Å²) >= 11 is 0. The summed E-state index contributed by atoms with van der Waals surface area (Å²) in [7, 11) is 1.44. The highest BCUT2D eigenvalue weighted by molar-refractivity contribution is 6.23. The molecular weight excluding hydrogens is 849 g/mol. The third-order valence-corrected chi connectivity index (χ3v) is 13.6. The summed E-state index contributed by atoms with van der Waals surface area (Å²) in [5.74, 6) is -8.30. The number of hydrogen-bond donors (Lipinski definition) is 6. The van der Waals surface area contributed by atoms with Crippen molar-refractivity contribution in [1.29, 1.82) is 0 Å². The number of aromatic hydroxyl groups is 3. The van der Waals surface area contributed by atoms with E-state index in [2.05, 4.69) is 22.2 Å². The van der Waals surface area contributed by atoms with Crippen LogP contribution in [0, 0.1) is 30.6 Å². The Morgan fingerprint density at radius 3 is 2.23 bits per heavy atom. The first-order valence-corrected chi connectivity index (χ1v) is 23.4. The van der Waals surface area contributed by atoms with Crippen molar-refractivity contribution < 1.29 is 58.9 Å². The van der Waals surface area contributed by atoms with E-state index in [1.807, 2.05) is 5.01 Å². The second kappa shape index (κ2) is 22.6. The monoisotopic (exact) mass is 921 g/mol. The number of unbranched alkanes of at least 4 members (excludes halogenated alkanes) is 5. The van der Waals surface area contributed by atoms with Crippen molar-refractivity contribution in [3.8, 4) is 23.0 Å². The molecule has 0 aromatic heterocycles. The van der Waals surface area contributed by atoms with E-state index in [0.29, 0.717) is 13.1 Å². The largest absolute Gasteiger partial charge is 0.507 e. The molecule has 16 heteroatoms. The van der Waals surface area contributed by atoms with Gasteiger partial charge in [0.1, 0.15) is 23.4 Å². The number of Topliss-reactive ketones (excluding diaryl/α,β-unsaturated/α-hetero) is 1. The van der Waals surface area contributed by atoms with Gasteiger partial charge in [0.2, 0.25) is 0 Å².